The summed E-state index contributed by atoms with van der Waals surface area (Å²) < 4.78 is 95.7. The smallest absolute Gasteiger partial charge is 0.416 e. The van der Waals surface area contributed by atoms with Crippen molar-refractivity contribution in [1.29, 1.82) is 0 Å². The molecule has 2 amide bonds. The highest BCUT2D eigenvalue weighted by Crippen LogP contribution is 2.42. The van der Waals surface area contributed by atoms with Gasteiger partial charge in [0.05, 0.1) is 46.2 Å². The van der Waals surface area contributed by atoms with Crippen LogP contribution >= 0.6 is 24.0 Å². The van der Waals surface area contributed by atoms with Gasteiger partial charge in [-0.3, -0.25) is 19.4 Å². The standard InChI is InChI=1S/C36H30F6N6O6S2/c37-35(38,39)24-15-23(16-25(18-24)36(40,41)42)26-13-21(1-4-29(26)54-12-9-46-7-10-53-11-8-46)14-30-32(50)47(34(55)56-30)6-5-31(49)45-27-17-22(33(51)52)2-3-28(27)48-20-43-19-44-48/h1-4,13-20H,5-12H2,(H,45,49)(H,51,52)/b30-14-. The number of ether oxygens (including phenoxy) is 2. The predicted octanol–water partition coefficient (Wildman–Crippen LogP) is 6.61. The van der Waals surface area contributed by atoms with E-state index in [4.69, 9.17) is 21.7 Å². The van der Waals surface area contributed by atoms with E-state index in [1.54, 1.807) is 0 Å². The van der Waals surface area contributed by atoms with Crippen LogP contribution < -0.4 is 10.1 Å². The number of thioether (sulfide) groups is 1. The first-order valence-corrected chi connectivity index (χ1v) is 17.9. The van der Waals surface area contributed by atoms with Gasteiger partial charge in [-0.2, -0.15) is 31.4 Å². The number of anilines is 1. The van der Waals surface area contributed by atoms with E-state index in [0.29, 0.717) is 50.7 Å². The maximum Gasteiger partial charge on any atom is 0.416 e. The highest BCUT2D eigenvalue weighted by Gasteiger charge is 2.37. The minimum Gasteiger partial charge on any atom is -0.492 e. The van der Waals surface area contributed by atoms with Gasteiger partial charge in [0.2, 0.25) is 5.91 Å². The predicted molar refractivity (Wildman–Crippen MR) is 196 cm³/mol. The quantitative estimate of drug-likeness (QED) is 0.0907. The Morgan fingerprint density at radius 1 is 0.982 bits per heavy atom. The number of carbonyl (C=O) groups excluding carboxylic acids is 2. The average Bonchev–Trinajstić information content (AvgIpc) is 3.78. The number of carboxylic acid groups (broad SMARTS) is 1. The zero-order chi connectivity index (χ0) is 40.2. The first-order chi connectivity index (χ1) is 26.6. The number of nitrogens with one attached hydrogen (secondary N) is 1. The van der Waals surface area contributed by atoms with Gasteiger partial charge in [0.25, 0.3) is 5.91 Å². The second-order valence-corrected chi connectivity index (χ2v) is 14.0. The number of rotatable bonds is 12. The van der Waals surface area contributed by atoms with Crippen molar-refractivity contribution in [3.63, 3.8) is 0 Å². The Labute approximate surface area is 324 Å². The Hall–Kier alpha value is -5.31. The Balaban J connectivity index is 1.23. The molecule has 2 aliphatic heterocycles. The van der Waals surface area contributed by atoms with Crippen LogP contribution in [0.25, 0.3) is 22.9 Å². The van der Waals surface area contributed by atoms with Crippen LogP contribution in [0.4, 0.5) is 32.0 Å². The molecular weight excluding hydrogens is 791 g/mol. The van der Waals surface area contributed by atoms with E-state index in [9.17, 15) is 45.8 Å². The monoisotopic (exact) mass is 820 g/mol. The molecule has 20 heteroatoms. The molecule has 294 valence electrons. The molecule has 56 heavy (non-hydrogen) atoms. The van der Waals surface area contributed by atoms with Crippen LogP contribution in [-0.2, 0) is 26.7 Å². The molecule has 4 aromatic rings. The molecule has 0 saturated carbocycles. The maximum absolute atomic E-state index is 13.8. The fourth-order valence-corrected chi connectivity index (χ4v) is 7.09. The summed E-state index contributed by atoms with van der Waals surface area (Å²) in [6.45, 7) is 2.63. The molecule has 0 aliphatic carbocycles. The summed E-state index contributed by atoms with van der Waals surface area (Å²) in [5, 5.41) is 16.1. The number of hydrogen-bond donors (Lipinski definition) is 2. The Bertz CT molecular complexity index is 2140. The zero-order valence-electron chi connectivity index (χ0n) is 28.9. The third-order valence-electron chi connectivity index (χ3n) is 8.59. The first kappa shape index (κ1) is 40.4. The Morgan fingerprint density at radius 3 is 2.34 bits per heavy atom. The van der Waals surface area contributed by atoms with Crippen molar-refractivity contribution >= 4 is 57.8 Å². The number of alkyl halides is 6. The number of morpholine rings is 1. The maximum atomic E-state index is 13.8. The van der Waals surface area contributed by atoms with Crippen molar-refractivity contribution in [2.45, 2.75) is 18.8 Å². The third kappa shape index (κ3) is 9.73. The summed E-state index contributed by atoms with van der Waals surface area (Å²) in [5.74, 6) is -2.37. The second kappa shape index (κ2) is 16.8. The van der Waals surface area contributed by atoms with Crippen LogP contribution in [0.2, 0.25) is 0 Å². The van der Waals surface area contributed by atoms with Gasteiger partial charge in [0.1, 0.15) is 29.3 Å². The summed E-state index contributed by atoms with van der Waals surface area (Å²) in [7, 11) is 0. The van der Waals surface area contributed by atoms with Crippen LogP contribution in [0.1, 0.15) is 33.5 Å². The number of halogens is 6. The van der Waals surface area contributed by atoms with Gasteiger partial charge < -0.3 is 19.9 Å². The molecule has 2 fully saturated rings. The summed E-state index contributed by atoms with van der Waals surface area (Å²) in [4.78, 5) is 45.2. The van der Waals surface area contributed by atoms with Crippen LogP contribution in [0.5, 0.6) is 5.75 Å². The number of hydrogen-bond acceptors (Lipinski definition) is 10. The summed E-state index contributed by atoms with van der Waals surface area (Å²) in [6, 6.07) is 9.53. The van der Waals surface area contributed by atoms with E-state index in [0.717, 1.165) is 11.8 Å². The number of aromatic carboxylic acids is 1. The number of benzene rings is 3. The molecule has 12 nitrogen and oxygen atoms in total. The van der Waals surface area contributed by atoms with E-state index in [2.05, 4.69) is 15.4 Å². The van der Waals surface area contributed by atoms with E-state index < -0.39 is 46.8 Å². The molecule has 2 N–H and O–H groups in total. The molecule has 0 bridgehead atoms. The minimum atomic E-state index is -5.09. The molecule has 0 atom stereocenters. The average molecular weight is 821 g/mol. The van der Waals surface area contributed by atoms with Gasteiger partial charge in [-0.25, -0.2) is 14.5 Å². The van der Waals surface area contributed by atoms with Gasteiger partial charge in [0.15, 0.2) is 0 Å². The van der Waals surface area contributed by atoms with Crippen molar-refractivity contribution in [3.05, 3.63) is 94.4 Å². The summed E-state index contributed by atoms with van der Waals surface area (Å²) in [6.07, 6.45) is -6.43. The van der Waals surface area contributed by atoms with E-state index in [-0.39, 0.29) is 63.0 Å². The largest absolute Gasteiger partial charge is 0.492 e. The highest BCUT2D eigenvalue weighted by molar-refractivity contribution is 8.26. The fourth-order valence-electron chi connectivity index (χ4n) is 5.78. The topological polar surface area (TPSA) is 139 Å². The number of amides is 2. The molecule has 2 aliphatic rings. The number of nitrogens with zero attached hydrogens (tertiary/aromatic N) is 5. The van der Waals surface area contributed by atoms with Gasteiger partial charge >= 0.3 is 18.3 Å². The molecule has 0 spiro atoms. The van der Waals surface area contributed by atoms with Crippen molar-refractivity contribution in [2.75, 3.05) is 51.3 Å². The van der Waals surface area contributed by atoms with Gasteiger partial charge in [-0.1, -0.05) is 30.0 Å². The number of aromatic nitrogens is 3. The first-order valence-electron chi connectivity index (χ1n) is 16.7. The highest BCUT2D eigenvalue weighted by atomic mass is 32.2. The Morgan fingerprint density at radius 2 is 1.70 bits per heavy atom. The molecule has 0 unspecified atom stereocenters. The van der Waals surface area contributed by atoms with E-state index in [1.807, 2.05) is 4.90 Å². The van der Waals surface area contributed by atoms with Crippen LogP contribution in [0.15, 0.2) is 72.2 Å². The molecule has 1 aromatic heterocycles. The van der Waals surface area contributed by atoms with Gasteiger partial charge in [0, 0.05) is 38.2 Å². The lowest BCUT2D eigenvalue weighted by atomic mass is 9.96. The number of thiocarbonyl (C=S) groups is 1. The Kier molecular flexibility index (Phi) is 12.1. The van der Waals surface area contributed by atoms with Crippen LogP contribution in [0.3, 0.4) is 0 Å². The van der Waals surface area contributed by atoms with Crippen LogP contribution in [0, 0.1) is 0 Å². The molecule has 3 heterocycles. The molecule has 0 radical (unpaired) electrons. The van der Waals surface area contributed by atoms with E-state index in [1.165, 1.54) is 64.7 Å². The molecular formula is C36H30F6N6O6S2. The summed E-state index contributed by atoms with van der Waals surface area (Å²) in [5.41, 5.74) is -2.85. The lowest BCUT2D eigenvalue weighted by Gasteiger charge is -2.26. The second-order valence-electron chi connectivity index (χ2n) is 12.4. The lowest BCUT2D eigenvalue weighted by molar-refractivity contribution is -0.143. The van der Waals surface area contributed by atoms with Crippen molar-refractivity contribution in [3.8, 4) is 22.6 Å². The molecule has 3 aromatic carbocycles. The zero-order valence-corrected chi connectivity index (χ0v) is 30.5. The van der Waals surface area contributed by atoms with Gasteiger partial charge in [-0.15, -0.1) is 0 Å². The normalized spacial score (nSPS) is 16.1. The third-order valence-corrected chi connectivity index (χ3v) is 9.97. The summed E-state index contributed by atoms with van der Waals surface area (Å²) >= 11 is 6.30. The lowest BCUT2D eigenvalue weighted by Crippen LogP contribution is -2.38. The number of carboxylic acids is 1. The SMILES string of the molecule is O=C(CCN1C(=O)/C(=C/c2ccc(OCCN3CCOCC3)c(-c3cc(C(F)(F)F)cc(C(F)(F)F)c3)c2)SC1=S)Nc1cc(C(=O)O)ccc1-n1cncn1. The van der Waals surface area contributed by atoms with Gasteiger partial charge in [-0.05, 0) is 65.7 Å². The number of carbonyl (C=O) groups is 3. The molecule has 2 saturated heterocycles. The van der Waals surface area contributed by atoms with Crippen molar-refractivity contribution in [2.24, 2.45) is 0 Å². The fraction of sp³-hybridized carbons (Fsp3) is 0.278. The van der Waals surface area contributed by atoms with Crippen LogP contribution in [-0.4, -0.2) is 97.8 Å². The van der Waals surface area contributed by atoms with Crippen molar-refractivity contribution < 1.29 is 55.3 Å². The molecule has 6 rings (SSSR count). The van der Waals surface area contributed by atoms with E-state index >= 15 is 0 Å². The minimum absolute atomic E-state index is 0.0299. The van der Waals surface area contributed by atoms with Crippen molar-refractivity contribution in [1.82, 2.24) is 24.6 Å².